The van der Waals surface area contributed by atoms with Crippen molar-refractivity contribution in [3.05, 3.63) is 16.3 Å². The van der Waals surface area contributed by atoms with Crippen LogP contribution in [0, 0.1) is 0 Å². The van der Waals surface area contributed by atoms with Crippen LogP contribution in [0.25, 0.3) is 0 Å². The Balaban J connectivity index is 2.20. The van der Waals surface area contributed by atoms with Crippen LogP contribution in [0.4, 0.5) is 5.69 Å². The number of hydrogen-bond donors (Lipinski definition) is 1. The number of carbonyl (C=O) groups is 1. The lowest BCUT2D eigenvalue weighted by molar-refractivity contribution is 0.0700. The highest BCUT2D eigenvalue weighted by atomic mass is 32.2. The van der Waals surface area contributed by atoms with Gasteiger partial charge in [0.2, 0.25) is 0 Å². The number of rotatable bonds is 5. The van der Waals surface area contributed by atoms with Gasteiger partial charge in [0.1, 0.15) is 4.88 Å². The highest BCUT2D eigenvalue weighted by molar-refractivity contribution is 7.91. The molecule has 0 aliphatic carbocycles. The minimum absolute atomic E-state index is 0.0771. The summed E-state index contributed by atoms with van der Waals surface area (Å²) in [6.07, 6.45) is 2.36. The Labute approximate surface area is 123 Å². The van der Waals surface area contributed by atoms with Crippen LogP contribution < -0.4 is 5.73 Å². The highest BCUT2D eigenvalue weighted by Crippen LogP contribution is 2.25. The number of nitrogen functional groups attached to an aromatic ring is 1. The lowest BCUT2D eigenvalue weighted by Gasteiger charge is -2.28. The summed E-state index contributed by atoms with van der Waals surface area (Å²) in [6.45, 7) is 2.64. The Morgan fingerprint density at radius 1 is 1.55 bits per heavy atom. The topological polar surface area (TPSA) is 80.5 Å². The molecule has 1 aliphatic heterocycles. The summed E-state index contributed by atoms with van der Waals surface area (Å²) < 4.78 is 23.3. The minimum Gasteiger partial charge on any atom is -0.397 e. The third kappa shape index (κ3) is 3.32. The first kappa shape index (κ1) is 15.3. The standard InChI is InChI=1S/C13H20N2O3S2/c1-2-3-6-15(10-5-8-20(17,18)9-10)13(16)12-11(14)4-7-19-12/h4,7,10H,2-3,5-6,8-9,14H2,1H3. The SMILES string of the molecule is CCCCN(C(=O)c1sccc1N)C1CCS(=O)(=O)C1. The van der Waals surface area contributed by atoms with Gasteiger partial charge >= 0.3 is 0 Å². The zero-order chi connectivity index (χ0) is 14.8. The van der Waals surface area contributed by atoms with Crippen LogP contribution in [-0.2, 0) is 9.84 Å². The van der Waals surface area contributed by atoms with E-state index in [2.05, 4.69) is 0 Å². The van der Waals surface area contributed by atoms with Gasteiger partial charge in [0, 0.05) is 12.6 Å². The molecule has 112 valence electrons. The summed E-state index contributed by atoms with van der Waals surface area (Å²) in [5, 5.41) is 1.78. The van der Waals surface area contributed by atoms with E-state index in [-0.39, 0.29) is 23.5 Å². The van der Waals surface area contributed by atoms with E-state index in [1.165, 1.54) is 11.3 Å². The molecule has 0 saturated carbocycles. The quantitative estimate of drug-likeness (QED) is 0.897. The van der Waals surface area contributed by atoms with Crippen LogP contribution >= 0.6 is 11.3 Å². The van der Waals surface area contributed by atoms with Gasteiger partial charge in [-0.15, -0.1) is 11.3 Å². The Kier molecular flexibility index (Phi) is 4.70. The van der Waals surface area contributed by atoms with Crippen LogP contribution in [0.2, 0.25) is 0 Å². The largest absolute Gasteiger partial charge is 0.397 e. The maximum atomic E-state index is 12.6. The number of thiophene rings is 1. The minimum atomic E-state index is -3.00. The summed E-state index contributed by atoms with van der Waals surface area (Å²) in [4.78, 5) is 14.8. The number of unbranched alkanes of at least 4 members (excludes halogenated alkanes) is 1. The molecule has 1 aromatic rings. The molecule has 20 heavy (non-hydrogen) atoms. The van der Waals surface area contributed by atoms with Crippen molar-refractivity contribution >= 4 is 32.8 Å². The van der Waals surface area contributed by atoms with E-state index in [1.54, 1.807) is 16.3 Å². The Bertz CT molecular complexity index is 580. The molecule has 2 rings (SSSR count). The Hall–Kier alpha value is -1.08. The number of nitrogens with two attached hydrogens (primary N) is 1. The number of hydrogen-bond acceptors (Lipinski definition) is 5. The lowest BCUT2D eigenvalue weighted by Crippen LogP contribution is -2.41. The smallest absolute Gasteiger partial charge is 0.266 e. The summed E-state index contributed by atoms with van der Waals surface area (Å²) >= 11 is 1.31. The molecule has 1 fully saturated rings. The number of amides is 1. The van der Waals surface area contributed by atoms with Gasteiger partial charge in [-0.25, -0.2) is 8.42 Å². The molecule has 2 heterocycles. The molecule has 0 bridgehead atoms. The molecular formula is C13H20N2O3S2. The molecule has 1 aliphatic rings. The fraction of sp³-hybridized carbons (Fsp3) is 0.615. The van der Waals surface area contributed by atoms with Gasteiger partial charge in [-0.05, 0) is 24.3 Å². The highest BCUT2D eigenvalue weighted by Gasteiger charge is 2.35. The van der Waals surface area contributed by atoms with Crippen molar-refractivity contribution in [3.8, 4) is 0 Å². The molecule has 2 N–H and O–H groups in total. The molecule has 1 saturated heterocycles. The lowest BCUT2D eigenvalue weighted by atomic mass is 10.2. The molecule has 5 nitrogen and oxygen atoms in total. The van der Waals surface area contributed by atoms with Crippen LogP contribution in [-0.4, -0.2) is 43.3 Å². The van der Waals surface area contributed by atoms with E-state index in [0.29, 0.717) is 23.5 Å². The molecule has 7 heteroatoms. The second-order valence-electron chi connectivity index (χ2n) is 5.11. The first-order valence-electron chi connectivity index (χ1n) is 6.79. The van der Waals surface area contributed by atoms with E-state index in [9.17, 15) is 13.2 Å². The first-order valence-corrected chi connectivity index (χ1v) is 9.49. The molecule has 1 amide bonds. The third-order valence-electron chi connectivity index (χ3n) is 3.55. The number of anilines is 1. The summed E-state index contributed by atoms with van der Waals surface area (Å²) in [7, 11) is -3.00. The third-order valence-corrected chi connectivity index (χ3v) is 6.22. The van der Waals surface area contributed by atoms with Crippen LogP contribution in [0.15, 0.2) is 11.4 Å². The predicted molar refractivity (Wildman–Crippen MR) is 81.7 cm³/mol. The van der Waals surface area contributed by atoms with E-state index in [4.69, 9.17) is 5.73 Å². The van der Waals surface area contributed by atoms with Gasteiger partial charge in [0.15, 0.2) is 9.84 Å². The zero-order valence-corrected chi connectivity index (χ0v) is 13.2. The van der Waals surface area contributed by atoms with Crippen molar-refractivity contribution in [2.75, 3.05) is 23.8 Å². The second-order valence-corrected chi connectivity index (χ2v) is 8.26. The van der Waals surface area contributed by atoms with Gasteiger partial charge in [-0.1, -0.05) is 13.3 Å². The Morgan fingerprint density at radius 2 is 2.30 bits per heavy atom. The van der Waals surface area contributed by atoms with Crippen molar-refractivity contribution in [2.45, 2.75) is 32.2 Å². The van der Waals surface area contributed by atoms with Crippen molar-refractivity contribution in [2.24, 2.45) is 0 Å². The Morgan fingerprint density at radius 3 is 2.80 bits per heavy atom. The van der Waals surface area contributed by atoms with Gasteiger partial charge in [0.05, 0.1) is 17.2 Å². The average Bonchev–Trinajstić information content (AvgIpc) is 2.95. The first-order chi connectivity index (χ1) is 9.44. The maximum Gasteiger partial charge on any atom is 0.266 e. The molecule has 1 unspecified atom stereocenters. The van der Waals surface area contributed by atoms with E-state index in [1.807, 2.05) is 6.92 Å². The normalized spacial score (nSPS) is 20.9. The summed E-state index contributed by atoms with van der Waals surface area (Å²) in [6, 6.07) is 1.50. The van der Waals surface area contributed by atoms with Crippen LogP contribution in [0.3, 0.4) is 0 Å². The van der Waals surface area contributed by atoms with E-state index >= 15 is 0 Å². The van der Waals surface area contributed by atoms with Crippen molar-refractivity contribution in [3.63, 3.8) is 0 Å². The van der Waals surface area contributed by atoms with Crippen molar-refractivity contribution < 1.29 is 13.2 Å². The second kappa shape index (κ2) is 6.13. The monoisotopic (exact) mass is 316 g/mol. The predicted octanol–water partition coefficient (Wildman–Crippen LogP) is 1.76. The molecule has 0 spiro atoms. The van der Waals surface area contributed by atoms with Gasteiger partial charge in [0.25, 0.3) is 5.91 Å². The number of sulfone groups is 1. The van der Waals surface area contributed by atoms with Gasteiger partial charge < -0.3 is 10.6 Å². The van der Waals surface area contributed by atoms with E-state index in [0.717, 1.165) is 12.8 Å². The number of carbonyl (C=O) groups excluding carboxylic acids is 1. The molecule has 0 radical (unpaired) electrons. The fourth-order valence-electron chi connectivity index (χ4n) is 2.42. The molecule has 0 aromatic carbocycles. The molecule has 1 aromatic heterocycles. The zero-order valence-electron chi connectivity index (χ0n) is 11.5. The fourth-order valence-corrected chi connectivity index (χ4v) is 4.93. The van der Waals surface area contributed by atoms with Gasteiger partial charge in [-0.2, -0.15) is 0 Å². The number of nitrogens with zero attached hydrogens (tertiary/aromatic N) is 1. The van der Waals surface area contributed by atoms with Crippen molar-refractivity contribution in [1.82, 2.24) is 4.90 Å². The maximum absolute atomic E-state index is 12.6. The average molecular weight is 316 g/mol. The van der Waals surface area contributed by atoms with E-state index < -0.39 is 9.84 Å². The molecule has 1 atom stereocenters. The van der Waals surface area contributed by atoms with Crippen molar-refractivity contribution in [1.29, 1.82) is 0 Å². The van der Waals surface area contributed by atoms with Gasteiger partial charge in [-0.3, -0.25) is 4.79 Å². The molecular weight excluding hydrogens is 296 g/mol. The summed E-state index contributed by atoms with van der Waals surface area (Å²) in [5.74, 6) is 0.120. The van der Waals surface area contributed by atoms with Crippen LogP contribution in [0.1, 0.15) is 35.9 Å². The van der Waals surface area contributed by atoms with Crippen LogP contribution in [0.5, 0.6) is 0 Å². The summed E-state index contributed by atoms with van der Waals surface area (Å²) in [5.41, 5.74) is 6.28.